The van der Waals surface area contributed by atoms with E-state index in [2.05, 4.69) is 0 Å². The van der Waals surface area contributed by atoms with Crippen molar-refractivity contribution in [3.8, 4) is 5.75 Å². The van der Waals surface area contributed by atoms with Crippen LogP contribution >= 0.6 is 0 Å². The first-order valence-electron chi connectivity index (χ1n) is 6.46. The average Bonchev–Trinajstić information content (AvgIpc) is 3.15. The molecule has 4 heteroatoms. The monoisotopic (exact) mass is 255 g/mol. The molecule has 1 aliphatic carbocycles. The van der Waals surface area contributed by atoms with Crippen molar-refractivity contribution in [3.05, 3.63) is 29.3 Å². The Morgan fingerprint density at radius 3 is 2.67 bits per heavy atom. The Morgan fingerprint density at radius 2 is 2.06 bits per heavy atom. The van der Waals surface area contributed by atoms with E-state index in [1.54, 1.807) is 0 Å². The van der Waals surface area contributed by atoms with Crippen LogP contribution in [0.4, 0.5) is 8.78 Å². The van der Waals surface area contributed by atoms with Gasteiger partial charge in [0.15, 0.2) is 11.6 Å². The van der Waals surface area contributed by atoms with E-state index < -0.39 is 11.6 Å². The minimum atomic E-state index is -0.504. The Morgan fingerprint density at radius 1 is 1.33 bits per heavy atom. The van der Waals surface area contributed by atoms with Crippen molar-refractivity contribution in [1.29, 1.82) is 0 Å². The van der Waals surface area contributed by atoms with E-state index in [0.29, 0.717) is 24.5 Å². The number of benzene rings is 1. The number of hydrogen-bond donors (Lipinski definition) is 1. The van der Waals surface area contributed by atoms with E-state index in [1.807, 2.05) is 6.92 Å². The normalized spacial score (nSPS) is 16.7. The fourth-order valence-electron chi connectivity index (χ4n) is 1.76. The molecular formula is C14H19F2NO. The quantitative estimate of drug-likeness (QED) is 0.848. The third-order valence-electron chi connectivity index (χ3n) is 3.28. The summed E-state index contributed by atoms with van der Waals surface area (Å²) < 4.78 is 32.8. The molecule has 0 bridgehead atoms. The summed E-state index contributed by atoms with van der Waals surface area (Å²) in [5.74, 6) is -0.421. The van der Waals surface area contributed by atoms with Crippen LogP contribution in [0.5, 0.6) is 5.75 Å². The lowest BCUT2D eigenvalue weighted by Crippen LogP contribution is -2.22. The summed E-state index contributed by atoms with van der Waals surface area (Å²) in [5.41, 5.74) is 6.07. The third-order valence-corrected chi connectivity index (χ3v) is 3.28. The van der Waals surface area contributed by atoms with Gasteiger partial charge in [-0.05, 0) is 43.2 Å². The molecule has 0 amide bonds. The van der Waals surface area contributed by atoms with E-state index >= 15 is 0 Å². The molecule has 2 rings (SSSR count). The summed E-state index contributed by atoms with van der Waals surface area (Å²) in [6, 6.07) is 2.19. The molecule has 0 aromatic heterocycles. The summed E-state index contributed by atoms with van der Waals surface area (Å²) in [5, 5.41) is 0. The topological polar surface area (TPSA) is 35.2 Å². The Bertz CT molecular complexity index is 419. The summed E-state index contributed by atoms with van der Waals surface area (Å²) in [6.07, 6.45) is 3.32. The number of ether oxygens (including phenoxy) is 1. The zero-order valence-corrected chi connectivity index (χ0v) is 10.6. The largest absolute Gasteiger partial charge is 0.490 e. The molecule has 100 valence electrons. The lowest BCUT2D eigenvalue weighted by Gasteiger charge is -2.12. The van der Waals surface area contributed by atoms with Crippen LogP contribution in [-0.2, 0) is 6.42 Å². The van der Waals surface area contributed by atoms with Crippen molar-refractivity contribution in [2.45, 2.75) is 38.6 Å². The lowest BCUT2D eigenvalue weighted by atomic mass is 10.0. The first kappa shape index (κ1) is 13.3. The number of rotatable bonds is 6. The fraction of sp³-hybridized carbons (Fsp3) is 0.571. The highest BCUT2D eigenvalue weighted by Gasteiger charge is 2.23. The van der Waals surface area contributed by atoms with E-state index in [1.165, 1.54) is 6.07 Å². The van der Waals surface area contributed by atoms with E-state index in [4.69, 9.17) is 10.5 Å². The van der Waals surface area contributed by atoms with Crippen LogP contribution in [0.25, 0.3) is 0 Å². The zero-order chi connectivity index (χ0) is 13.1. The highest BCUT2D eigenvalue weighted by Crippen LogP contribution is 2.30. The van der Waals surface area contributed by atoms with Crippen LogP contribution in [-0.4, -0.2) is 12.6 Å². The SMILES string of the molecule is CCC(N)Cc1cc(F)c(OCC2CC2)cc1F. The molecule has 0 spiro atoms. The summed E-state index contributed by atoms with van der Waals surface area (Å²) in [7, 11) is 0. The van der Waals surface area contributed by atoms with Gasteiger partial charge in [-0.1, -0.05) is 6.92 Å². The van der Waals surface area contributed by atoms with Crippen LogP contribution in [0, 0.1) is 17.6 Å². The minimum Gasteiger partial charge on any atom is -0.490 e. The van der Waals surface area contributed by atoms with Gasteiger partial charge in [-0.3, -0.25) is 0 Å². The van der Waals surface area contributed by atoms with E-state index in [0.717, 1.165) is 25.3 Å². The molecule has 18 heavy (non-hydrogen) atoms. The molecule has 0 heterocycles. The third kappa shape index (κ3) is 3.42. The van der Waals surface area contributed by atoms with E-state index in [-0.39, 0.29) is 11.8 Å². The standard InChI is InChI=1S/C14H19F2NO/c1-2-11(17)5-10-6-13(16)14(7-12(10)15)18-8-9-3-4-9/h6-7,9,11H,2-5,8,17H2,1H3. The maximum absolute atomic E-state index is 13.8. The number of halogens is 2. The molecular weight excluding hydrogens is 236 g/mol. The summed E-state index contributed by atoms with van der Waals surface area (Å²) in [4.78, 5) is 0. The molecule has 1 atom stereocenters. The average molecular weight is 255 g/mol. The van der Waals surface area contributed by atoms with Crippen LogP contribution in [0.3, 0.4) is 0 Å². The molecule has 2 nitrogen and oxygen atoms in total. The Labute approximate surface area is 106 Å². The number of hydrogen-bond acceptors (Lipinski definition) is 2. The van der Waals surface area contributed by atoms with Crippen molar-refractivity contribution in [2.75, 3.05) is 6.61 Å². The van der Waals surface area contributed by atoms with Crippen LogP contribution in [0.15, 0.2) is 12.1 Å². The van der Waals surface area contributed by atoms with Gasteiger partial charge in [-0.25, -0.2) is 8.78 Å². The highest BCUT2D eigenvalue weighted by atomic mass is 19.1. The van der Waals surface area contributed by atoms with Gasteiger partial charge in [0.05, 0.1) is 6.61 Å². The van der Waals surface area contributed by atoms with Gasteiger partial charge >= 0.3 is 0 Å². The van der Waals surface area contributed by atoms with Crippen LogP contribution in [0.2, 0.25) is 0 Å². The maximum Gasteiger partial charge on any atom is 0.165 e. The second kappa shape index (κ2) is 5.65. The molecule has 1 unspecified atom stereocenters. The van der Waals surface area contributed by atoms with Gasteiger partial charge in [0.25, 0.3) is 0 Å². The summed E-state index contributed by atoms with van der Waals surface area (Å²) in [6.45, 7) is 2.40. The molecule has 0 saturated heterocycles. The molecule has 1 aliphatic rings. The second-order valence-corrected chi connectivity index (χ2v) is 5.00. The van der Waals surface area contributed by atoms with Gasteiger partial charge in [-0.15, -0.1) is 0 Å². The smallest absolute Gasteiger partial charge is 0.165 e. The Kier molecular flexibility index (Phi) is 4.17. The van der Waals surface area contributed by atoms with Gasteiger partial charge in [-0.2, -0.15) is 0 Å². The van der Waals surface area contributed by atoms with Crippen molar-refractivity contribution in [3.63, 3.8) is 0 Å². The Hall–Kier alpha value is -1.16. The summed E-state index contributed by atoms with van der Waals surface area (Å²) >= 11 is 0. The van der Waals surface area contributed by atoms with Gasteiger partial charge in [0.1, 0.15) is 5.82 Å². The Balaban J connectivity index is 2.06. The molecule has 1 aromatic rings. The van der Waals surface area contributed by atoms with Crippen molar-refractivity contribution in [1.82, 2.24) is 0 Å². The minimum absolute atomic E-state index is 0.00761. The zero-order valence-electron chi connectivity index (χ0n) is 10.6. The van der Waals surface area contributed by atoms with Gasteiger partial charge in [0, 0.05) is 12.1 Å². The molecule has 1 saturated carbocycles. The van der Waals surface area contributed by atoms with Crippen LogP contribution < -0.4 is 10.5 Å². The molecule has 2 N–H and O–H groups in total. The van der Waals surface area contributed by atoms with Crippen molar-refractivity contribution < 1.29 is 13.5 Å². The lowest BCUT2D eigenvalue weighted by molar-refractivity contribution is 0.283. The first-order valence-corrected chi connectivity index (χ1v) is 6.46. The molecule has 1 aromatic carbocycles. The fourth-order valence-corrected chi connectivity index (χ4v) is 1.76. The first-order chi connectivity index (χ1) is 8.60. The molecule has 1 fully saturated rings. The van der Waals surface area contributed by atoms with Crippen molar-refractivity contribution >= 4 is 0 Å². The highest BCUT2D eigenvalue weighted by molar-refractivity contribution is 5.31. The molecule has 0 radical (unpaired) electrons. The predicted octanol–water partition coefficient (Wildman–Crippen LogP) is 3.03. The predicted molar refractivity (Wildman–Crippen MR) is 66.5 cm³/mol. The maximum atomic E-state index is 13.8. The van der Waals surface area contributed by atoms with Gasteiger partial charge in [0.2, 0.25) is 0 Å². The second-order valence-electron chi connectivity index (χ2n) is 5.00. The van der Waals surface area contributed by atoms with E-state index in [9.17, 15) is 8.78 Å². The van der Waals surface area contributed by atoms with Crippen molar-refractivity contribution in [2.24, 2.45) is 11.7 Å². The molecule has 0 aliphatic heterocycles. The van der Waals surface area contributed by atoms with Crippen LogP contribution in [0.1, 0.15) is 31.7 Å². The number of nitrogens with two attached hydrogens (primary N) is 1. The van der Waals surface area contributed by atoms with Gasteiger partial charge < -0.3 is 10.5 Å².